The molecule has 0 aliphatic carbocycles. The van der Waals surface area contributed by atoms with Crippen LogP contribution in [0.3, 0.4) is 0 Å². The van der Waals surface area contributed by atoms with E-state index in [2.05, 4.69) is 17.1 Å². The number of ketones is 1. The number of thioether (sulfide) groups is 1. The van der Waals surface area contributed by atoms with Crippen molar-refractivity contribution in [3.05, 3.63) is 106 Å². The summed E-state index contributed by atoms with van der Waals surface area (Å²) >= 11 is 2.65. The number of aliphatic hydroxyl groups excluding tert-OH is 1. The number of amides is 1. The second-order valence-corrected chi connectivity index (χ2v) is 11.8. The molecule has 0 radical (unpaired) electrons. The maximum absolute atomic E-state index is 13.8. The van der Waals surface area contributed by atoms with Crippen molar-refractivity contribution in [1.82, 2.24) is 10.2 Å². The fourth-order valence-corrected chi connectivity index (χ4v) is 6.20. The zero-order valence-corrected chi connectivity index (χ0v) is 24.2. The van der Waals surface area contributed by atoms with Gasteiger partial charge in [0.2, 0.25) is 5.13 Å². The molecule has 41 heavy (non-hydrogen) atoms. The molecule has 0 bridgehead atoms. The Morgan fingerprint density at radius 2 is 1.73 bits per heavy atom. The third-order valence-corrected chi connectivity index (χ3v) is 8.74. The quantitative estimate of drug-likeness (QED) is 0.0528. The number of hydrogen-bond donors (Lipinski definition) is 1. The monoisotopic (exact) mass is 589 g/mol. The summed E-state index contributed by atoms with van der Waals surface area (Å²) in [4.78, 5) is 28.0. The fourth-order valence-electron chi connectivity index (χ4n) is 4.38. The first-order valence-corrected chi connectivity index (χ1v) is 15.0. The summed E-state index contributed by atoms with van der Waals surface area (Å²) < 4.78 is 20.1. The molecule has 2 heterocycles. The van der Waals surface area contributed by atoms with E-state index in [1.807, 2.05) is 31.2 Å². The summed E-state index contributed by atoms with van der Waals surface area (Å²) in [5.41, 5.74) is 2.99. The van der Waals surface area contributed by atoms with Crippen molar-refractivity contribution >= 4 is 45.7 Å². The molecular weight excluding hydrogens is 561 g/mol. The number of aliphatic hydroxyl groups is 1. The highest BCUT2D eigenvalue weighted by Gasteiger charge is 2.48. The van der Waals surface area contributed by atoms with Crippen molar-refractivity contribution < 1.29 is 23.8 Å². The van der Waals surface area contributed by atoms with E-state index in [0.717, 1.165) is 18.4 Å². The van der Waals surface area contributed by atoms with Gasteiger partial charge in [0, 0.05) is 11.3 Å². The summed E-state index contributed by atoms with van der Waals surface area (Å²) in [6.45, 7) is 4.67. The molecule has 3 aromatic carbocycles. The molecule has 1 aliphatic rings. The summed E-state index contributed by atoms with van der Waals surface area (Å²) in [7, 11) is 0. The average Bonchev–Trinajstić information content (AvgIpc) is 3.55. The standard InChI is InChI=1S/C31H28FN3O4S2/c1-3-4-17-39-24-15-11-22(12-16-24)27(36)25-26(21-9-13-23(32)14-10-21)35(29(38)28(25)37)30-33-34-31(41-30)40-18-20-7-5-19(2)6-8-20/h5-16,26,36H,3-4,17-18H2,1-2H3/t26-/m1/s1. The lowest BCUT2D eigenvalue weighted by Gasteiger charge is -2.22. The van der Waals surface area contributed by atoms with Gasteiger partial charge < -0.3 is 9.84 Å². The third-order valence-electron chi connectivity index (χ3n) is 6.61. The zero-order valence-electron chi connectivity index (χ0n) is 22.5. The lowest BCUT2D eigenvalue weighted by molar-refractivity contribution is -0.132. The molecule has 1 saturated heterocycles. The van der Waals surface area contributed by atoms with Crippen LogP contribution in [0.2, 0.25) is 0 Å². The molecular formula is C31H28FN3O4S2. The largest absolute Gasteiger partial charge is 0.507 e. The summed E-state index contributed by atoms with van der Waals surface area (Å²) in [5.74, 6) is -1.20. The van der Waals surface area contributed by atoms with Gasteiger partial charge in [0.25, 0.3) is 5.78 Å². The molecule has 7 nitrogen and oxygen atoms in total. The summed E-state index contributed by atoms with van der Waals surface area (Å²) in [6, 6.07) is 19.3. The third kappa shape index (κ3) is 6.34. The smallest absolute Gasteiger partial charge is 0.301 e. The number of halogens is 1. The molecule has 1 N–H and O–H groups in total. The van der Waals surface area contributed by atoms with E-state index >= 15 is 0 Å². The van der Waals surface area contributed by atoms with Crippen molar-refractivity contribution in [2.75, 3.05) is 11.5 Å². The number of Topliss-reactive ketones (excluding diaryl/α,β-unsaturated/α-hetero) is 1. The van der Waals surface area contributed by atoms with Crippen LogP contribution in [-0.2, 0) is 15.3 Å². The second kappa shape index (κ2) is 12.7. The first-order chi connectivity index (χ1) is 19.9. The number of unbranched alkanes of at least 4 members (excludes halogenated alkanes) is 1. The predicted octanol–water partition coefficient (Wildman–Crippen LogP) is 7.08. The van der Waals surface area contributed by atoms with Gasteiger partial charge in [-0.25, -0.2) is 4.39 Å². The second-order valence-electron chi connectivity index (χ2n) is 9.57. The minimum atomic E-state index is -1.01. The molecule has 0 spiro atoms. The Hall–Kier alpha value is -4.02. The molecule has 0 saturated carbocycles. The summed E-state index contributed by atoms with van der Waals surface area (Å²) in [5, 5.41) is 20.0. The van der Waals surface area contributed by atoms with E-state index in [9.17, 15) is 19.1 Å². The van der Waals surface area contributed by atoms with Crippen LogP contribution in [0.1, 0.15) is 48.1 Å². The van der Waals surface area contributed by atoms with Gasteiger partial charge >= 0.3 is 5.91 Å². The number of carbonyl (C=O) groups is 2. The number of benzene rings is 3. The Labute approximate surface area is 245 Å². The van der Waals surface area contributed by atoms with Crippen molar-refractivity contribution in [1.29, 1.82) is 0 Å². The number of carbonyl (C=O) groups excluding carboxylic acids is 2. The highest BCUT2D eigenvalue weighted by Crippen LogP contribution is 2.44. The van der Waals surface area contributed by atoms with Gasteiger partial charge in [0.15, 0.2) is 4.34 Å². The Morgan fingerprint density at radius 1 is 1.02 bits per heavy atom. The van der Waals surface area contributed by atoms with E-state index in [1.165, 1.54) is 57.8 Å². The number of anilines is 1. The maximum atomic E-state index is 13.8. The highest BCUT2D eigenvalue weighted by molar-refractivity contribution is 8.00. The molecule has 1 aliphatic heterocycles. The minimum absolute atomic E-state index is 0.106. The van der Waals surface area contributed by atoms with Crippen LogP contribution in [-0.4, -0.2) is 33.6 Å². The molecule has 210 valence electrons. The van der Waals surface area contributed by atoms with Gasteiger partial charge in [-0.15, -0.1) is 10.2 Å². The molecule has 5 rings (SSSR count). The van der Waals surface area contributed by atoms with Gasteiger partial charge in [-0.3, -0.25) is 14.5 Å². The first kappa shape index (κ1) is 28.5. The van der Waals surface area contributed by atoms with E-state index in [-0.39, 0.29) is 16.5 Å². The number of aryl methyl sites for hydroxylation is 1. The van der Waals surface area contributed by atoms with Gasteiger partial charge in [0.05, 0.1) is 18.2 Å². The molecule has 4 aromatic rings. The molecule has 1 atom stereocenters. The van der Waals surface area contributed by atoms with Crippen LogP contribution in [0.5, 0.6) is 5.75 Å². The van der Waals surface area contributed by atoms with Gasteiger partial charge in [-0.05, 0) is 60.9 Å². The molecule has 1 fully saturated rings. The lowest BCUT2D eigenvalue weighted by atomic mass is 9.95. The average molecular weight is 590 g/mol. The Morgan fingerprint density at radius 3 is 2.41 bits per heavy atom. The van der Waals surface area contributed by atoms with Crippen molar-refractivity contribution in [3.63, 3.8) is 0 Å². The Bertz CT molecular complexity index is 1570. The lowest BCUT2D eigenvalue weighted by Crippen LogP contribution is -2.29. The molecule has 1 amide bonds. The minimum Gasteiger partial charge on any atom is -0.507 e. The van der Waals surface area contributed by atoms with E-state index in [1.54, 1.807) is 24.3 Å². The fraction of sp³-hybridized carbons (Fsp3) is 0.226. The van der Waals surface area contributed by atoms with Crippen molar-refractivity contribution in [2.24, 2.45) is 0 Å². The van der Waals surface area contributed by atoms with Crippen LogP contribution in [0.15, 0.2) is 82.7 Å². The van der Waals surface area contributed by atoms with Crippen LogP contribution >= 0.6 is 23.1 Å². The first-order valence-electron chi connectivity index (χ1n) is 13.2. The van der Waals surface area contributed by atoms with Gasteiger partial charge in [-0.1, -0.05) is 78.4 Å². The van der Waals surface area contributed by atoms with Crippen LogP contribution in [0, 0.1) is 12.7 Å². The van der Waals surface area contributed by atoms with Gasteiger partial charge in [0.1, 0.15) is 17.3 Å². The number of hydrogen-bond acceptors (Lipinski definition) is 8. The SMILES string of the molecule is CCCCOc1ccc(C(O)=C2C(=O)C(=O)N(c3nnc(SCc4ccc(C)cc4)s3)[C@@H]2c2ccc(F)cc2)cc1. The van der Waals surface area contributed by atoms with Crippen molar-refractivity contribution in [3.8, 4) is 5.75 Å². The van der Waals surface area contributed by atoms with Gasteiger partial charge in [-0.2, -0.15) is 0 Å². The highest BCUT2D eigenvalue weighted by atomic mass is 32.2. The van der Waals surface area contributed by atoms with Crippen LogP contribution < -0.4 is 9.64 Å². The van der Waals surface area contributed by atoms with E-state index < -0.39 is 23.5 Å². The number of rotatable bonds is 10. The van der Waals surface area contributed by atoms with Crippen LogP contribution in [0.4, 0.5) is 9.52 Å². The van der Waals surface area contributed by atoms with Crippen molar-refractivity contribution in [2.45, 2.75) is 42.8 Å². The Balaban J connectivity index is 1.47. The van der Waals surface area contributed by atoms with E-state index in [0.29, 0.717) is 33.6 Å². The number of nitrogens with zero attached hydrogens (tertiary/aromatic N) is 3. The number of aromatic nitrogens is 2. The van der Waals surface area contributed by atoms with Crippen LogP contribution in [0.25, 0.3) is 5.76 Å². The molecule has 1 aromatic heterocycles. The van der Waals surface area contributed by atoms with E-state index in [4.69, 9.17) is 4.74 Å². The topological polar surface area (TPSA) is 92.6 Å². The normalized spacial score (nSPS) is 16.4. The molecule has 0 unspecified atom stereocenters. The number of ether oxygens (including phenoxy) is 1. The molecule has 10 heteroatoms. The summed E-state index contributed by atoms with van der Waals surface area (Å²) in [6.07, 6.45) is 1.92. The Kier molecular flexibility index (Phi) is 8.80. The zero-order chi connectivity index (χ0) is 28.9. The predicted molar refractivity (Wildman–Crippen MR) is 159 cm³/mol. The maximum Gasteiger partial charge on any atom is 0.301 e.